The third kappa shape index (κ3) is 3.82. The normalized spacial score (nSPS) is 15.8. The van der Waals surface area contributed by atoms with E-state index in [-0.39, 0.29) is 10.6 Å². The number of hydrogen-bond acceptors (Lipinski definition) is 5. The van der Waals surface area contributed by atoms with Crippen LogP contribution in [-0.2, 0) is 0 Å². The molecule has 6 nitrogen and oxygen atoms in total. The predicted octanol–water partition coefficient (Wildman–Crippen LogP) is 3.41. The topological polar surface area (TPSA) is 80.1 Å². The first-order chi connectivity index (χ1) is 9.70. The molecule has 0 atom stereocenters. The highest BCUT2D eigenvalue weighted by atomic mass is 16.6. The maximum atomic E-state index is 11.0. The van der Waals surface area contributed by atoms with Crippen LogP contribution in [0.3, 0.4) is 0 Å². The molecule has 0 bridgehead atoms. The zero-order valence-electron chi connectivity index (χ0n) is 11.9. The lowest BCUT2D eigenvalue weighted by Gasteiger charge is -2.22. The van der Waals surface area contributed by atoms with Crippen molar-refractivity contribution in [1.29, 1.82) is 0 Å². The molecule has 1 aromatic heterocycles. The summed E-state index contributed by atoms with van der Waals surface area (Å²) in [6.07, 6.45) is 6.24. The number of pyridine rings is 1. The molecule has 1 fully saturated rings. The Bertz CT molecular complexity index is 458. The first kappa shape index (κ1) is 14.6. The quantitative estimate of drug-likeness (QED) is 0.615. The summed E-state index contributed by atoms with van der Waals surface area (Å²) in [4.78, 5) is 15.0. The van der Waals surface area contributed by atoms with Gasteiger partial charge in [-0.25, -0.2) is 4.98 Å². The second-order valence-corrected chi connectivity index (χ2v) is 5.24. The van der Waals surface area contributed by atoms with E-state index in [2.05, 4.69) is 15.6 Å². The summed E-state index contributed by atoms with van der Waals surface area (Å²) < 4.78 is 0. The molecular formula is C14H22N4O2. The van der Waals surface area contributed by atoms with Gasteiger partial charge in [0.15, 0.2) is 0 Å². The van der Waals surface area contributed by atoms with Crippen LogP contribution in [0.5, 0.6) is 0 Å². The van der Waals surface area contributed by atoms with Crippen LogP contribution in [0, 0.1) is 16.0 Å². The van der Waals surface area contributed by atoms with Crippen LogP contribution >= 0.6 is 0 Å². The summed E-state index contributed by atoms with van der Waals surface area (Å²) in [6, 6.07) is 3.15. The van der Waals surface area contributed by atoms with Crippen molar-refractivity contribution in [2.45, 2.75) is 39.0 Å². The fraction of sp³-hybridized carbons (Fsp3) is 0.643. The van der Waals surface area contributed by atoms with Crippen LogP contribution in [0.15, 0.2) is 12.1 Å². The van der Waals surface area contributed by atoms with Gasteiger partial charge in [-0.05, 0) is 31.7 Å². The first-order valence-corrected chi connectivity index (χ1v) is 7.34. The molecule has 0 saturated heterocycles. The van der Waals surface area contributed by atoms with Crippen molar-refractivity contribution < 1.29 is 4.92 Å². The number of nitrogens with one attached hydrogen (secondary N) is 2. The van der Waals surface area contributed by atoms with E-state index in [9.17, 15) is 10.1 Å². The van der Waals surface area contributed by atoms with E-state index in [0.29, 0.717) is 17.6 Å². The molecule has 0 radical (unpaired) electrons. The Hall–Kier alpha value is -1.85. The Morgan fingerprint density at radius 3 is 2.70 bits per heavy atom. The van der Waals surface area contributed by atoms with Gasteiger partial charge in [0, 0.05) is 19.2 Å². The predicted molar refractivity (Wildman–Crippen MR) is 80.1 cm³/mol. The van der Waals surface area contributed by atoms with E-state index in [1.54, 1.807) is 6.07 Å². The minimum atomic E-state index is -0.383. The minimum Gasteiger partial charge on any atom is -0.370 e. The van der Waals surface area contributed by atoms with Crippen molar-refractivity contribution in [2.24, 2.45) is 5.92 Å². The maximum Gasteiger partial charge on any atom is 0.311 e. The summed E-state index contributed by atoms with van der Waals surface area (Å²) in [6.45, 7) is 3.48. The smallest absolute Gasteiger partial charge is 0.311 e. The molecule has 0 aliphatic heterocycles. The lowest BCUT2D eigenvalue weighted by atomic mass is 9.89. The molecule has 1 saturated carbocycles. The zero-order chi connectivity index (χ0) is 14.4. The fourth-order valence-corrected chi connectivity index (χ4v) is 2.64. The SMILES string of the molecule is CCNc1ccc([N+](=O)[O-])c(NCC2CCCCC2)n1. The molecule has 0 spiro atoms. The van der Waals surface area contributed by atoms with Gasteiger partial charge in [-0.15, -0.1) is 0 Å². The molecule has 0 aromatic carbocycles. The Balaban J connectivity index is 2.06. The van der Waals surface area contributed by atoms with Gasteiger partial charge in [0.05, 0.1) is 4.92 Å². The van der Waals surface area contributed by atoms with Crippen LogP contribution < -0.4 is 10.6 Å². The third-order valence-corrected chi connectivity index (χ3v) is 3.71. The highest BCUT2D eigenvalue weighted by molar-refractivity contribution is 5.60. The number of nitrogens with zero attached hydrogens (tertiary/aromatic N) is 2. The van der Waals surface area contributed by atoms with Gasteiger partial charge in [-0.2, -0.15) is 0 Å². The summed E-state index contributed by atoms with van der Waals surface area (Å²) >= 11 is 0. The molecule has 20 heavy (non-hydrogen) atoms. The highest BCUT2D eigenvalue weighted by Crippen LogP contribution is 2.27. The third-order valence-electron chi connectivity index (χ3n) is 3.71. The van der Waals surface area contributed by atoms with Crippen LogP contribution in [-0.4, -0.2) is 23.0 Å². The lowest BCUT2D eigenvalue weighted by molar-refractivity contribution is -0.384. The zero-order valence-corrected chi connectivity index (χ0v) is 11.9. The van der Waals surface area contributed by atoms with Gasteiger partial charge >= 0.3 is 5.69 Å². The number of aromatic nitrogens is 1. The molecule has 0 unspecified atom stereocenters. The van der Waals surface area contributed by atoms with E-state index in [4.69, 9.17) is 0 Å². The van der Waals surface area contributed by atoms with E-state index >= 15 is 0 Å². The second-order valence-electron chi connectivity index (χ2n) is 5.24. The lowest BCUT2D eigenvalue weighted by Crippen LogP contribution is -2.18. The summed E-state index contributed by atoms with van der Waals surface area (Å²) in [5.41, 5.74) is 0.0439. The molecule has 0 amide bonds. The Labute approximate surface area is 119 Å². The number of nitro groups is 1. The average molecular weight is 278 g/mol. The molecule has 1 heterocycles. The Morgan fingerprint density at radius 2 is 2.05 bits per heavy atom. The number of anilines is 2. The molecule has 6 heteroatoms. The van der Waals surface area contributed by atoms with Crippen LogP contribution in [0.2, 0.25) is 0 Å². The molecule has 110 valence electrons. The summed E-state index contributed by atoms with van der Waals surface area (Å²) in [5.74, 6) is 1.65. The van der Waals surface area contributed by atoms with Crippen molar-refractivity contribution in [3.63, 3.8) is 0 Å². The fourth-order valence-electron chi connectivity index (χ4n) is 2.64. The van der Waals surface area contributed by atoms with Crippen molar-refractivity contribution >= 4 is 17.3 Å². The number of rotatable bonds is 6. The standard InChI is InChI=1S/C14H22N4O2/c1-2-15-13-9-8-12(18(19)20)14(17-13)16-10-11-6-4-3-5-7-11/h8-9,11H,2-7,10H2,1H3,(H2,15,16,17). The molecule has 1 aliphatic rings. The van der Waals surface area contributed by atoms with E-state index in [0.717, 1.165) is 13.1 Å². The van der Waals surface area contributed by atoms with Crippen molar-refractivity contribution in [3.05, 3.63) is 22.2 Å². The summed E-state index contributed by atoms with van der Waals surface area (Å²) in [5, 5.41) is 17.3. The number of hydrogen-bond donors (Lipinski definition) is 2. The molecule has 2 rings (SSSR count). The van der Waals surface area contributed by atoms with Crippen molar-refractivity contribution in [2.75, 3.05) is 23.7 Å². The molecular weight excluding hydrogens is 256 g/mol. The van der Waals surface area contributed by atoms with Gasteiger partial charge < -0.3 is 10.6 Å². The molecule has 1 aliphatic carbocycles. The van der Waals surface area contributed by atoms with Gasteiger partial charge in [0.2, 0.25) is 5.82 Å². The first-order valence-electron chi connectivity index (χ1n) is 7.34. The average Bonchev–Trinajstić information content (AvgIpc) is 2.46. The Kier molecular flexibility index (Phi) is 5.15. The maximum absolute atomic E-state index is 11.0. The van der Waals surface area contributed by atoms with Gasteiger partial charge in [0.25, 0.3) is 0 Å². The van der Waals surface area contributed by atoms with E-state index in [1.807, 2.05) is 6.92 Å². The van der Waals surface area contributed by atoms with Gasteiger partial charge in [-0.3, -0.25) is 10.1 Å². The van der Waals surface area contributed by atoms with Gasteiger partial charge in [-0.1, -0.05) is 19.3 Å². The van der Waals surface area contributed by atoms with Crippen molar-refractivity contribution in [3.8, 4) is 0 Å². The van der Waals surface area contributed by atoms with Crippen LogP contribution in [0.25, 0.3) is 0 Å². The largest absolute Gasteiger partial charge is 0.370 e. The van der Waals surface area contributed by atoms with Crippen molar-refractivity contribution in [1.82, 2.24) is 4.98 Å². The monoisotopic (exact) mass is 278 g/mol. The van der Waals surface area contributed by atoms with E-state index in [1.165, 1.54) is 38.2 Å². The Morgan fingerprint density at radius 1 is 1.30 bits per heavy atom. The highest BCUT2D eigenvalue weighted by Gasteiger charge is 2.18. The van der Waals surface area contributed by atoms with Gasteiger partial charge in [0.1, 0.15) is 5.82 Å². The minimum absolute atomic E-state index is 0.0439. The summed E-state index contributed by atoms with van der Waals surface area (Å²) in [7, 11) is 0. The second kappa shape index (κ2) is 7.07. The van der Waals surface area contributed by atoms with Crippen LogP contribution in [0.1, 0.15) is 39.0 Å². The molecule has 1 aromatic rings. The molecule has 2 N–H and O–H groups in total. The van der Waals surface area contributed by atoms with Crippen LogP contribution in [0.4, 0.5) is 17.3 Å². The van der Waals surface area contributed by atoms with E-state index < -0.39 is 0 Å².